The molecule has 3 aromatic carbocycles. The fourth-order valence-electron chi connectivity index (χ4n) is 3.08. The third kappa shape index (κ3) is 3.86. The Morgan fingerprint density at radius 2 is 1.41 bits per heavy atom. The average molecular weight is 362 g/mol. The molecule has 0 aliphatic heterocycles. The van der Waals surface area contributed by atoms with Gasteiger partial charge in [0.25, 0.3) is 0 Å². The molecule has 0 atom stereocenters. The topological polar surface area (TPSA) is 44.8 Å². The van der Waals surface area contributed by atoms with Gasteiger partial charge in [0, 0.05) is 7.11 Å². The normalized spacial score (nSPS) is 11.0. The van der Waals surface area contributed by atoms with Crippen LogP contribution in [0, 0.1) is 0 Å². The minimum absolute atomic E-state index is 0.126. The maximum absolute atomic E-state index is 13.2. The van der Waals surface area contributed by atoms with Crippen molar-refractivity contribution < 1.29 is 19.0 Å². The number of hydrogen-bond acceptors (Lipinski definition) is 4. The third-order valence-electron chi connectivity index (χ3n) is 4.46. The Hall–Kier alpha value is -3.11. The van der Waals surface area contributed by atoms with Crippen molar-refractivity contribution in [3.63, 3.8) is 0 Å². The number of esters is 1. The number of carbonyl (C=O) groups excluding carboxylic acids is 1. The summed E-state index contributed by atoms with van der Waals surface area (Å²) < 4.78 is 16.7. The first-order valence-corrected chi connectivity index (χ1v) is 8.67. The number of hydrogen-bond donors (Lipinski definition) is 0. The van der Waals surface area contributed by atoms with E-state index in [0.717, 1.165) is 5.56 Å². The predicted molar refractivity (Wildman–Crippen MR) is 103 cm³/mol. The monoisotopic (exact) mass is 362 g/mol. The number of methoxy groups -OCH3 is 2. The van der Waals surface area contributed by atoms with Gasteiger partial charge in [0.05, 0.1) is 7.11 Å². The highest BCUT2D eigenvalue weighted by Crippen LogP contribution is 2.35. The Bertz CT molecular complexity index is 836. The van der Waals surface area contributed by atoms with Crippen LogP contribution in [0.3, 0.4) is 0 Å². The van der Waals surface area contributed by atoms with Crippen molar-refractivity contribution in [1.29, 1.82) is 0 Å². The third-order valence-corrected chi connectivity index (χ3v) is 4.46. The lowest BCUT2D eigenvalue weighted by Gasteiger charge is -2.31. The Labute approximate surface area is 159 Å². The second-order valence-electron chi connectivity index (χ2n) is 6.05. The van der Waals surface area contributed by atoms with Crippen molar-refractivity contribution in [2.24, 2.45) is 0 Å². The molecule has 0 unspecified atom stereocenters. The molecule has 4 nitrogen and oxygen atoms in total. The summed E-state index contributed by atoms with van der Waals surface area (Å²) in [5.74, 6) is 0.248. The standard InChI is InChI=1S/C23H22O4/c1-25-21-15-9-10-18(16-21)17-27-22(24)23(26-2,19-11-5-3-6-12-19)20-13-7-4-8-14-20/h3-16H,17H2,1-2H3. The number of ether oxygens (including phenoxy) is 3. The highest BCUT2D eigenvalue weighted by Gasteiger charge is 2.44. The van der Waals surface area contributed by atoms with Gasteiger partial charge in [-0.2, -0.15) is 0 Å². The van der Waals surface area contributed by atoms with Gasteiger partial charge in [0.15, 0.2) is 0 Å². The van der Waals surface area contributed by atoms with Gasteiger partial charge in [0.1, 0.15) is 12.4 Å². The van der Waals surface area contributed by atoms with Gasteiger partial charge < -0.3 is 14.2 Å². The van der Waals surface area contributed by atoms with E-state index in [4.69, 9.17) is 14.2 Å². The lowest BCUT2D eigenvalue weighted by molar-refractivity contribution is -0.166. The van der Waals surface area contributed by atoms with Crippen molar-refractivity contribution in [2.45, 2.75) is 12.2 Å². The minimum Gasteiger partial charge on any atom is -0.497 e. The van der Waals surface area contributed by atoms with Crippen LogP contribution in [0.25, 0.3) is 0 Å². The molecule has 3 rings (SSSR count). The summed E-state index contributed by atoms with van der Waals surface area (Å²) >= 11 is 0. The van der Waals surface area contributed by atoms with E-state index in [0.29, 0.717) is 16.9 Å². The molecule has 0 radical (unpaired) electrons. The molecule has 0 fully saturated rings. The van der Waals surface area contributed by atoms with Crippen molar-refractivity contribution in [3.05, 3.63) is 102 Å². The fraction of sp³-hybridized carbons (Fsp3) is 0.174. The molecule has 0 heterocycles. The van der Waals surface area contributed by atoms with Gasteiger partial charge in [-0.3, -0.25) is 0 Å². The zero-order valence-electron chi connectivity index (χ0n) is 15.4. The predicted octanol–water partition coefficient (Wildman–Crippen LogP) is 4.33. The van der Waals surface area contributed by atoms with E-state index in [1.807, 2.05) is 84.9 Å². The zero-order valence-corrected chi connectivity index (χ0v) is 15.4. The van der Waals surface area contributed by atoms with Crippen LogP contribution in [-0.4, -0.2) is 20.2 Å². The molecule has 0 spiro atoms. The van der Waals surface area contributed by atoms with Gasteiger partial charge in [-0.15, -0.1) is 0 Å². The SMILES string of the molecule is COc1cccc(COC(=O)C(OC)(c2ccccc2)c2ccccc2)c1. The van der Waals surface area contributed by atoms with Crippen LogP contribution >= 0.6 is 0 Å². The van der Waals surface area contributed by atoms with E-state index in [2.05, 4.69) is 0 Å². The number of carbonyl (C=O) groups is 1. The molecular formula is C23H22O4. The summed E-state index contributed by atoms with van der Waals surface area (Å²) in [5, 5.41) is 0. The van der Waals surface area contributed by atoms with Crippen LogP contribution in [-0.2, 0) is 26.5 Å². The van der Waals surface area contributed by atoms with E-state index in [1.54, 1.807) is 7.11 Å². The minimum atomic E-state index is -1.33. The summed E-state index contributed by atoms with van der Waals surface area (Å²) in [7, 11) is 3.12. The second kappa shape index (κ2) is 8.52. The molecule has 4 heteroatoms. The number of benzene rings is 3. The van der Waals surface area contributed by atoms with E-state index in [-0.39, 0.29) is 6.61 Å². The van der Waals surface area contributed by atoms with Crippen LogP contribution in [0.4, 0.5) is 0 Å². The summed E-state index contributed by atoms with van der Waals surface area (Å²) in [5.41, 5.74) is 0.944. The highest BCUT2D eigenvalue weighted by atomic mass is 16.6. The van der Waals surface area contributed by atoms with Gasteiger partial charge in [0.2, 0.25) is 5.60 Å². The Morgan fingerprint density at radius 1 is 0.815 bits per heavy atom. The summed E-state index contributed by atoms with van der Waals surface area (Å²) in [6.07, 6.45) is 0. The van der Waals surface area contributed by atoms with Crippen LogP contribution in [0.2, 0.25) is 0 Å². The molecule has 3 aromatic rings. The quantitative estimate of drug-likeness (QED) is 0.587. The first kappa shape index (κ1) is 18.7. The molecule has 0 saturated carbocycles. The lowest BCUT2D eigenvalue weighted by Crippen LogP contribution is -2.40. The Kier molecular flexibility index (Phi) is 5.89. The first-order valence-electron chi connectivity index (χ1n) is 8.67. The van der Waals surface area contributed by atoms with Gasteiger partial charge in [-0.1, -0.05) is 72.8 Å². The van der Waals surface area contributed by atoms with Crippen molar-refractivity contribution in [1.82, 2.24) is 0 Å². The fourth-order valence-corrected chi connectivity index (χ4v) is 3.08. The van der Waals surface area contributed by atoms with Gasteiger partial charge in [-0.05, 0) is 28.8 Å². The molecule has 0 saturated heterocycles. The Balaban J connectivity index is 1.94. The molecule has 0 aromatic heterocycles. The first-order chi connectivity index (χ1) is 13.2. The lowest BCUT2D eigenvalue weighted by atomic mass is 9.86. The van der Waals surface area contributed by atoms with Crippen LogP contribution in [0.5, 0.6) is 5.75 Å². The van der Waals surface area contributed by atoms with Crippen molar-refractivity contribution >= 4 is 5.97 Å². The molecule has 0 bridgehead atoms. The summed E-state index contributed by atoms with van der Waals surface area (Å²) in [6, 6.07) is 26.2. The zero-order chi connectivity index (χ0) is 19.1. The average Bonchev–Trinajstić information content (AvgIpc) is 2.75. The van der Waals surface area contributed by atoms with Crippen LogP contribution in [0.15, 0.2) is 84.9 Å². The summed E-state index contributed by atoms with van der Waals surface area (Å²) in [6.45, 7) is 0.126. The van der Waals surface area contributed by atoms with E-state index >= 15 is 0 Å². The summed E-state index contributed by atoms with van der Waals surface area (Å²) in [4.78, 5) is 13.2. The maximum atomic E-state index is 13.2. The maximum Gasteiger partial charge on any atom is 0.348 e. The largest absolute Gasteiger partial charge is 0.497 e. The van der Waals surface area contributed by atoms with Gasteiger partial charge in [-0.25, -0.2) is 4.79 Å². The van der Waals surface area contributed by atoms with E-state index in [9.17, 15) is 4.79 Å². The number of rotatable bonds is 7. The van der Waals surface area contributed by atoms with Crippen molar-refractivity contribution in [2.75, 3.05) is 14.2 Å². The molecule has 0 N–H and O–H groups in total. The molecular weight excluding hydrogens is 340 g/mol. The van der Waals surface area contributed by atoms with Crippen LogP contribution < -0.4 is 4.74 Å². The molecule has 0 aliphatic rings. The molecule has 0 amide bonds. The Morgan fingerprint density at radius 3 is 1.93 bits per heavy atom. The second-order valence-corrected chi connectivity index (χ2v) is 6.05. The van der Waals surface area contributed by atoms with Crippen molar-refractivity contribution in [3.8, 4) is 5.75 Å². The molecule has 27 heavy (non-hydrogen) atoms. The smallest absolute Gasteiger partial charge is 0.348 e. The van der Waals surface area contributed by atoms with Gasteiger partial charge >= 0.3 is 5.97 Å². The van der Waals surface area contributed by atoms with E-state index < -0.39 is 11.6 Å². The van der Waals surface area contributed by atoms with E-state index in [1.165, 1.54) is 7.11 Å². The molecule has 0 aliphatic carbocycles. The highest BCUT2D eigenvalue weighted by molar-refractivity contribution is 5.85. The van der Waals surface area contributed by atoms with Crippen LogP contribution in [0.1, 0.15) is 16.7 Å². The molecule has 138 valence electrons.